The number of benzene rings is 1. The maximum absolute atomic E-state index is 12.7. The lowest BCUT2D eigenvalue weighted by molar-refractivity contribution is -0.388. The van der Waals surface area contributed by atoms with Gasteiger partial charge in [-0.2, -0.15) is 13.2 Å². The van der Waals surface area contributed by atoms with Crippen molar-refractivity contribution in [3.63, 3.8) is 0 Å². The summed E-state index contributed by atoms with van der Waals surface area (Å²) in [4.78, 5) is 11.2. The van der Waals surface area contributed by atoms with E-state index in [9.17, 15) is 23.3 Å². The van der Waals surface area contributed by atoms with Crippen molar-refractivity contribution in [2.45, 2.75) is 12.2 Å². The van der Waals surface area contributed by atoms with E-state index >= 15 is 0 Å². The van der Waals surface area contributed by atoms with Gasteiger partial charge >= 0.3 is 6.18 Å². The van der Waals surface area contributed by atoms with Gasteiger partial charge in [0.1, 0.15) is 5.56 Å². The van der Waals surface area contributed by atoms with E-state index in [0.29, 0.717) is 18.8 Å². The molecule has 0 saturated carbocycles. The molecule has 8 heteroatoms. The predicted octanol–water partition coefficient (Wildman–Crippen LogP) is 1.76. The van der Waals surface area contributed by atoms with Crippen LogP contribution in [-0.4, -0.2) is 24.1 Å². The molecule has 18 heavy (non-hydrogen) atoms. The molecule has 1 aliphatic heterocycles. The van der Waals surface area contributed by atoms with E-state index in [1.165, 1.54) is 6.07 Å². The number of hydrogen-bond acceptors (Lipinski definition) is 4. The first-order valence-corrected chi connectivity index (χ1v) is 5.15. The Balaban J connectivity index is 2.40. The Morgan fingerprint density at radius 1 is 1.39 bits per heavy atom. The van der Waals surface area contributed by atoms with Crippen molar-refractivity contribution in [1.29, 1.82) is 0 Å². The number of nitro groups is 1. The zero-order valence-corrected chi connectivity index (χ0v) is 9.15. The second-order valence-corrected chi connectivity index (χ2v) is 4.12. The van der Waals surface area contributed by atoms with Crippen LogP contribution >= 0.6 is 0 Å². The van der Waals surface area contributed by atoms with Gasteiger partial charge in [-0.3, -0.25) is 10.1 Å². The summed E-state index contributed by atoms with van der Waals surface area (Å²) in [7, 11) is 0. The molecule has 0 unspecified atom stereocenters. The Morgan fingerprint density at radius 2 is 2.00 bits per heavy atom. The zero-order chi connectivity index (χ0) is 13.5. The van der Waals surface area contributed by atoms with Crippen LogP contribution in [0.4, 0.5) is 24.5 Å². The van der Waals surface area contributed by atoms with Crippen LogP contribution in [0.15, 0.2) is 18.2 Å². The van der Waals surface area contributed by atoms with Crippen molar-refractivity contribution in [3.05, 3.63) is 33.9 Å². The fourth-order valence-electron chi connectivity index (χ4n) is 1.83. The smallest absolute Gasteiger partial charge is 0.368 e. The third kappa shape index (κ3) is 2.23. The van der Waals surface area contributed by atoms with E-state index < -0.39 is 22.4 Å². The van der Waals surface area contributed by atoms with Gasteiger partial charge < -0.3 is 10.6 Å². The minimum atomic E-state index is -4.74. The Kier molecular flexibility index (Phi) is 2.89. The van der Waals surface area contributed by atoms with E-state index in [-0.39, 0.29) is 6.04 Å². The van der Waals surface area contributed by atoms with Crippen molar-refractivity contribution >= 4 is 11.4 Å². The Labute approximate surface area is 100 Å². The maximum atomic E-state index is 12.7. The molecule has 98 valence electrons. The minimum Gasteiger partial charge on any atom is -0.368 e. The molecule has 1 saturated heterocycles. The molecule has 1 aliphatic rings. The predicted molar refractivity (Wildman–Crippen MR) is 58.3 cm³/mol. The summed E-state index contributed by atoms with van der Waals surface area (Å²) in [6.07, 6.45) is -4.74. The molecule has 0 amide bonds. The number of nitrogens with two attached hydrogens (primary N) is 1. The molecule has 1 aromatic rings. The highest BCUT2D eigenvalue weighted by atomic mass is 19.4. The molecular formula is C10H10F3N3O2. The molecular weight excluding hydrogens is 251 g/mol. The van der Waals surface area contributed by atoms with Crippen LogP contribution in [0.25, 0.3) is 0 Å². The molecule has 0 radical (unpaired) electrons. The highest BCUT2D eigenvalue weighted by Crippen LogP contribution is 2.38. The van der Waals surface area contributed by atoms with Crippen LogP contribution in [0.2, 0.25) is 0 Å². The van der Waals surface area contributed by atoms with Gasteiger partial charge in [0.25, 0.3) is 5.69 Å². The molecule has 2 N–H and O–H groups in total. The van der Waals surface area contributed by atoms with Gasteiger partial charge in [0.2, 0.25) is 0 Å². The first-order valence-electron chi connectivity index (χ1n) is 5.15. The fraction of sp³-hybridized carbons (Fsp3) is 0.400. The lowest BCUT2D eigenvalue weighted by Crippen LogP contribution is -2.55. The van der Waals surface area contributed by atoms with Gasteiger partial charge in [0.05, 0.1) is 4.92 Å². The molecule has 1 aromatic carbocycles. The number of alkyl halides is 3. The standard InChI is InChI=1S/C10H10F3N3O2/c11-10(12,13)8-3-7(15-4-6(14)5-15)1-2-9(8)16(17)18/h1-3,6H,4-5,14H2. The van der Waals surface area contributed by atoms with Gasteiger partial charge in [-0.05, 0) is 12.1 Å². The lowest BCUT2D eigenvalue weighted by Gasteiger charge is -2.39. The third-order valence-electron chi connectivity index (χ3n) is 2.76. The molecule has 0 bridgehead atoms. The van der Waals surface area contributed by atoms with Crippen LogP contribution in [0.5, 0.6) is 0 Å². The largest absolute Gasteiger partial charge is 0.423 e. The summed E-state index contributed by atoms with van der Waals surface area (Å²) in [5, 5.41) is 10.6. The highest BCUT2D eigenvalue weighted by Gasteiger charge is 2.39. The van der Waals surface area contributed by atoms with Crippen LogP contribution in [0.1, 0.15) is 5.56 Å². The molecule has 5 nitrogen and oxygen atoms in total. The van der Waals surface area contributed by atoms with Gasteiger partial charge in [-0.1, -0.05) is 0 Å². The Hall–Kier alpha value is -1.83. The monoisotopic (exact) mass is 261 g/mol. The first kappa shape index (κ1) is 12.6. The van der Waals surface area contributed by atoms with Crippen LogP contribution in [0, 0.1) is 10.1 Å². The average molecular weight is 261 g/mol. The van der Waals surface area contributed by atoms with E-state index in [1.807, 2.05) is 0 Å². The number of hydrogen-bond donors (Lipinski definition) is 1. The molecule has 1 heterocycles. The number of anilines is 1. The Morgan fingerprint density at radius 3 is 2.44 bits per heavy atom. The van der Waals surface area contributed by atoms with Crippen molar-refractivity contribution in [2.75, 3.05) is 18.0 Å². The molecule has 0 spiro atoms. The molecule has 0 aromatic heterocycles. The minimum absolute atomic E-state index is 0.0606. The van der Waals surface area contributed by atoms with E-state index in [1.54, 1.807) is 4.90 Å². The summed E-state index contributed by atoms with van der Waals surface area (Å²) < 4.78 is 38.1. The van der Waals surface area contributed by atoms with Crippen molar-refractivity contribution < 1.29 is 18.1 Å². The van der Waals surface area contributed by atoms with E-state index in [0.717, 1.165) is 12.1 Å². The van der Waals surface area contributed by atoms with Gasteiger partial charge in [0, 0.05) is 30.9 Å². The van der Waals surface area contributed by atoms with Gasteiger partial charge in [0.15, 0.2) is 0 Å². The average Bonchev–Trinajstić information content (AvgIpc) is 2.22. The second kappa shape index (κ2) is 4.13. The normalized spacial score (nSPS) is 16.6. The third-order valence-corrected chi connectivity index (χ3v) is 2.76. The molecule has 1 fully saturated rings. The van der Waals surface area contributed by atoms with Gasteiger partial charge in [-0.15, -0.1) is 0 Å². The summed E-state index contributed by atoms with van der Waals surface area (Å²) in [6, 6.07) is 2.92. The maximum Gasteiger partial charge on any atom is 0.423 e. The summed E-state index contributed by atoms with van der Waals surface area (Å²) in [5.74, 6) is 0. The first-order chi connectivity index (χ1) is 8.29. The topological polar surface area (TPSA) is 72.4 Å². The fourth-order valence-corrected chi connectivity index (χ4v) is 1.83. The SMILES string of the molecule is NC1CN(c2ccc([N+](=O)[O-])c(C(F)(F)F)c2)C1. The van der Waals surface area contributed by atoms with Crippen LogP contribution in [-0.2, 0) is 6.18 Å². The summed E-state index contributed by atoms with van der Waals surface area (Å²) in [6.45, 7) is 0.907. The quantitative estimate of drug-likeness (QED) is 0.650. The molecule has 0 atom stereocenters. The highest BCUT2D eigenvalue weighted by molar-refractivity contribution is 5.58. The summed E-state index contributed by atoms with van der Waals surface area (Å²) in [5.41, 5.74) is 3.67. The van der Waals surface area contributed by atoms with E-state index in [4.69, 9.17) is 5.73 Å². The number of nitrogens with zero attached hydrogens (tertiary/aromatic N) is 2. The molecule has 0 aliphatic carbocycles. The van der Waals surface area contributed by atoms with Crippen molar-refractivity contribution in [3.8, 4) is 0 Å². The van der Waals surface area contributed by atoms with Crippen LogP contribution in [0.3, 0.4) is 0 Å². The Bertz CT molecular complexity index is 484. The zero-order valence-electron chi connectivity index (χ0n) is 9.15. The van der Waals surface area contributed by atoms with Gasteiger partial charge in [-0.25, -0.2) is 0 Å². The van der Waals surface area contributed by atoms with Crippen molar-refractivity contribution in [1.82, 2.24) is 0 Å². The summed E-state index contributed by atoms with van der Waals surface area (Å²) >= 11 is 0. The van der Waals surface area contributed by atoms with Crippen molar-refractivity contribution in [2.24, 2.45) is 5.73 Å². The lowest BCUT2D eigenvalue weighted by atomic mass is 10.1. The molecule has 2 rings (SSSR count). The van der Waals surface area contributed by atoms with Crippen LogP contribution < -0.4 is 10.6 Å². The second-order valence-electron chi connectivity index (χ2n) is 4.12. The number of rotatable bonds is 2. The number of halogens is 3. The van der Waals surface area contributed by atoms with E-state index in [2.05, 4.69) is 0 Å². The number of nitro benzene ring substituents is 1.